The van der Waals surface area contributed by atoms with Gasteiger partial charge in [0.2, 0.25) is 5.91 Å². The summed E-state index contributed by atoms with van der Waals surface area (Å²) in [5.74, 6) is -2.19. The topological polar surface area (TPSA) is 125 Å². The minimum absolute atomic E-state index is 0.178. The molecule has 110 valence electrons. The summed E-state index contributed by atoms with van der Waals surface area (Å²) < 4.78 is 9.16. The molecule has 9 nitrogen and oxygen atoms in total. The molecule has 0 saturated carbocycles. The van der Waals surface area contributed by atoms with Crippen LogP contribution in [0.3, 0.4) is 0 Å². The lowest BCUT2D eigenvalue weighted by atomic mass is 10.2. The molecule has 1 atom stereocenters. The fourth-order valence-corrected chi connectivity index (χ4v) is 1.72. The number of imide groups is 1. The maximum Gasteiger partial charge on any atom is 0.514 e. The monoisotopic (exact) mass is 294 g/mol. The van der Waals surface area contributed by atoms with E-state index in [0.29, 0.717) is 5.56 Å². The van der Waals surface area contributed by atoms with E-state index in [-0.39, 0.29) is 6.61 Å². The highest BCUT2D eigenvalue weighted by Gasteiger charge is 2.62. The van der Waals surface area contributed by atoms with Crippen molar-refractivity contribution in [1.82, 2.24) is 5.32 Å². The van der Waals surface area contributed by atoms with E-state index in [1.807, 2.05) is 0 Å². The first kappa shape index (κ1) is 14.4. The van der Waals surface area contributed by atoms with E-state index in [2.05, 4.69) is 4.74 Å². The molecule has 1 aliphatic rings. The van der Waals surface area contributed by atoms with Gasteiger partial charge in [-0.3, -0.25) is 25.0 Å². The average Bonchev–Trinajstić information content (AvgIpc) is 2.73. The molecule has 0 aliphatic carbocycles. The number of benzene rings is 1. The third kappa shape index (κ3) is 2.96. The van der Waals surface area contributed by atoms with E-state index in [1.54, 1.807) is 35.6 Å². The number of amides is 2. The highest BCUT2D eigenvalue weighted by Crippen LogP contribution is 2.23. The highest BCUT2D eigenvalue weighted by molar-refractivity contribution is 6.07. The number of nitro groups is 1. The van der Waals surface area contributed by atoms with Crippen LogP contribution in [0.15, 0.2) is 30.3 Å². The molecule has 1 unspecified atom stereocenters. The summed E-state index contributed by atoms with van der Waals surface area (Å²) in [4.78, 5) is 43.8. The van der Waals surface area contributed by atoms with E-state index in [9.17, 15) is 24.5 Å². The van der Waals surface area contributed by atoms with Crippen LogP contribution < -0.4 is 5.32 Å². The van der Waals surface area contributed by atoms with Gasteiger partial charge in [-0.05, 0) is 5.56 Å². The third-order valence-electron chi connectivity index (χ3n) is 2.75. The van der Waals surface area contributed by atoms with Crippen molar-refractivity contribution in [1.29, 1.82) is 0 Å². The van der Waals surface area contributed by atoms with Gasteiger partial charge in [-0.2, -0.15) is 0 Å². The molecule has 9 heteroatoms. The van der Waals surface area contributed by atoms with E-state index >= 15 is 0 Å². The number of nitrogens with zero attached hydrogens (tertiary/aromatic N) is 1. The molecule has 1 fully saturated rings. The summed E-state index contributed by atoms with van der Waals surface area (Å²) in [5, 5.41) is 12.7. The molecule has 2 rings (SSSR count). The maximum absolute atomic E-state index is 11.5. The molecule has 0 bridgehead atoms. The van der Waals surface area contributed by atoms with Gasteiger partial charge in [-0.15, -0.1) is 0 Å². The largest absolute Gasteiger partial charge is 0.514 e. The van der Waals surface area contributed by atoms with E-state index in [4.69, 9.17) is 4.74 Å². The van der Waals surface area contributed by atoms with Crippen molar-refractivity contribution >= 4 is 18.0 Å². The van der Waals surface area contributed by atoms with Crippen molar-refractivity contribution in [2.75, 3.05) is 0 Å². The summed E-state index contributed by atoms with van der Waals surface area (Å²) in [5.41, 5.74) is -2.12. The minimum atomic E-state index is -2.76. The van der Waals surface area contributed by atoms with Gasteiger partial charge in [-0.25, -0.2) is 4.79 Å². The molecule has 0 radical (unpaired) electrons. The van der Waals surface area contributed by atoms with E-state index in [1.165, 1.54) is 0 Å². The summed E-state index contributed by atoms with van der Waals surface area (Å²) in [6.07, 6.45) is -2.28. The zero-order valence-corrected chi connectivity index (χ0v) is 10.6. The molecule has 1 aromatic rings. The zero-order chi connectivity index (χ0) is 15.5. The Labute approximate surface area is 118 Å². The van der Waals surface area contributed by atoms with Crippen molar-refractivity contribution in [2.24, 2.45) is 0 Å². The molecular weight excluding hydrogens is 284 g/mol. The molecule has 1 heterocycles. The lowest BCUT2D eigenvalue weighted by Crippen LogP contribution is -2.49. The zero-order valence-electron chi connectivity index (χ0n) is 10.6. The number of ether oxygens (including phenoxy) is 2. The number of nitrogens with one attached hydrogen (secondary N) is 1. The summed E-state index contributed by atoms with van der Waals surface area (Å²) >= 11 is 0. The normalized spacial score (nSPS) is 20.8. The van der Waals surface area contributed by atoms with Crippen LogP contribution in [0.5, 0.6) is 0 Å². The number of carbonyl (C=O) groups is 3. The maximum atomic E-state index is 11.5. The van der Waals surface area contributed by atoms with Gasteiger partial charge in [0, 0.05) is 0 Å². The average molecular weight is 294 g/mol. The van der Waals surface area contributed by atoms with Crippen LogP contribution in [0.1, 0.15) is 12.0 Å². The van der Waals surface area contributed by atoms with Gasteiger partial charge in [0.15, 0.2) is 0 Å². The molecule has 1 aromatic carbocycles. The van der Waals surface area contributed by atoms with Crippen molar-refractivity contribution < 1.29 is 28.8 Å². The quantitative estimate of drug-likeness (QED) is 0.279. The van der Waals surface area contributed by atoms with Gasteiger partial charge < -0.3 is 9.47 Å². The Hall–Kier alpha value is -2.97. The Morgan fingerprint density at radius 1 is 1.33 bits per heavy atom. The predicted molar refractivity (Wildman–Crippen MR) is 65.2 cm³/mol. The van der Waals surface area contributed by atoms with Crippen LogP contribution >= 0.6 is 0 Å². The van der Waals surface area contributed by atoms with Crippen molar-refractivity contribution in [3.8, 4) is 0 Å². The number of rotatable bonds is 4. The molecule has 1 aliphatic heterocycles. The Balaban J connectivity index is 2.01. The Kier molecular flexibility index (Phi) is 3.83. The van der Waals surface area contributed by atoms with E-state index in [0.717, 1.165) is 0 Å². The van der Waals surface area contributed by atoms with Crippen LogP contribution in [-0.2, 0) is 25.7 Å². The number of hydrogen-bond donors (Lipinski definition) is 1. The fourth-order valence-electron chi connectivity index (χ4n) is 1.72. The van der Waals surface area contributed by atoms with Crippen LogP contribution in [-0.4, -0.2) is 28.6 Å². The third-order valence-corrected chi connectivity index (χ3v) is 2.75. The van der Waals surface area contributed by atoms with Gasteiger partial charge in [0.1, 0.15) is 13.0 Å². The lowest BCUT2D eigenvalue weighted by Gasteiger charge is -2.16. The molecule has 1 saturated heterocycles. The Morgan fingerprint density at radius 3 is 2.52 bits per heavy atom. The van der Waals surface area contributed by atoms with Crippen molar-refractivity contribution in [2.45, 2.75) is 18.8 Å². The Morgan fingerprint density at radius 2 is 2.00 bits per heavy atom. The lowest BCUT2D eigenvalue weighted by molar-refractivity contribution is -0.598. The standard InChI is InChI=1S/C12H10N2O7/c15-9-6-12(14(18)19,10(16)13-9)21-11(17)20-7-8-4-2-1-3-5-8/h1-5H,6-7H2,(H,13,15,16). The second-order valence-electron chi connectivity index (χ2n) is 4.22. The molecule has 21 heavy (non-hydrogen) atoms. The minimum Gasteiger partial charge on any atom is -0.429 e. The number of carbonyl (C=O) groups excluding carboxylic acids is 3. The molecule has 1 N–H and O–H groups in total. The molecule has 0 spiro atoms. The van der Waals surface area contributed by atoms with Gasteiger partial charge >= 0.3 is 17.8 Å². The van der Waals surface area contributed by atoms with Crippen molar-refractivity contribution in [3.05, 3.63) is 46.0 Å². The van der Waals surface area contributed by atoms with Gasteiger partial charge in [0.05, 0.1) is 4.92 Å². The summed E-state index contributed by atoms with van der Waals surface area (Å²) in [7, 11) is 0. The molecule has 2 amide bonds. The second-order valence-corrected chi connectivity index (χ2v) is 4.22. The number of hydrogen-bond acceptors (Lipinski definition) is 7. The highest BCUT2D eigenvalue weighted by atomic mass is 16.8. The second kappa shape index (κ2) is 5.57. The Bertz CT molecular complexity index is 601. The SMILES string of the molecule is O=C1CC(OC(=O)OCc2ccccc2)([N+](=O)[O-])C(=O)N1. The van der Waals surface area contributed by atoms with E-state index < -0.39 is 35.0 Å². The first-order valence-electron chi connectivity index (χ1n) is 5.82. The van der Waals surface area contributed by atoms with Crippen molar-refractivity contribution in [3.63, 3.8) is 0 Å². The first-order valence-corrected chi connectivity index (χ1v) is 5.82. The van der Waals surface area contributed by atoms with Gasteiger partial charge in [-0.1, -0.05) is 30.3 Å². The molecule has 0 aromatic heterocycles. The fraction of sp³-hybridized carbons (Fsp3) is 0.250. The van der Waals surface area contributed by atoms with Crippen LogP contribution in [0.4, 0.5) is 4.79 Å². The first-order chi connectivity index (χ1) is 9.94. The van der Waals surface area contributed by atoms with Crippen LogP contribution in [0, 0.1) is 10.1 Å². The molecular formula is C12H10N2O7. The van der Waals surface area contributed by atoms with Gasteiger partial charge in [0.25, 0.3) is 0 Å². The summed E-state index contributed by atoms with van der Waals surface area (Å²) in [6.45, 7) is -0.178. The smallest absolute Gasteiger partial charge is 0.429 e. The predicted octanol–water partition coefficient (Wildman–Crippen LogP) is 0.359. The van der Waals surface area contributed by atoms with Crippen LogP contribution in [0.2, 0.25) is 0 Å². The summed E-state index contributed by atoms with van der Waals surface area (Å²) in [6, 6.07) is 8.53. The van der Waals surface area contributed by atoms with Crippen LogP contribution in [0.25, 0.3) is 0 Å².